The van der Waals surface area contributed by atoms with Crippen LogP contribution in [0, 0.1) is 0 Å². The average Bonchev–Trinajstić information content (AvgIpc) is 2.98. The Hall–Kier alpha value is -1.32. The summed E-state index contributed by atoms with van der Waals surface area (Å²) in [6, 6.07) is 13.4. The van der Waals surface area contributed by atoms with E-state index in [9.17, 15) is 0 Å². The number of benzene rings is 1. The maximum atomic E-state index is 3.41. The molecule has 2 rings (SSSR count). The Kier molecular flexibility index (Phi) is 5.00. The molecule has 1 aromatic carbocycles. The monoisotopic (exact) mass is 274 g/mol. The van der Waals surface area contributed by atoms with Crippen LogP contribution in [-0.2, 0) is 6.54 Å². The van der Waals surface area contributed by atoms with Crippen LogP contribution < -0.4 is 10.2 Å². The molecular formula is C16H22N2S. The lowest BCUT2D eigenvalue weighted by atomic mass is 10.1. The Morgan fingerprint density at radius 1 is 1.21 bits per heavy atom. The summed E-state index contributed by atoms with van der Waals surface area (Å²) in [5.41, 5.74) is 2.67. The number of rotatable bonds is 6. The molecule has 102 valence electrons. The zero-order valence-corrected chi connectivity index (χ0v) is 12.7. The standard InChI is InChI=1S/C16H22N2S/c1-4-17-12-14-8-5-6-9-15(14)18(3)13(2)16-10-7-11-19-16/h5-11,13,17H,4,12H2,1-3H3. The Labute approximate surface area is 120 Å². The highest BCUT2D eigenvalue weighted by atomic mass is 32.1. The second-order valence-electron chi connectivity index (χ2n) is 4.71. The highest BCUT2D eigenvalue weighted by Gasteiger charge is 2.15. The minimum Gasteiger partial charge on any atom is -0.367 e. The van der Waals surface area contributed by atoms with Crippen molar-refractivity contribution >= 4 is 17.0 Å². The van der Waals surface area contributed by atoms with Gasteiger partial charge in [-0.05, 0) is 36.5 Å². The van der Waals surface area contributed by atoms with Crippen molar-refractivity contribution in [3.63, 3.8) is 0 Å². The summed E-state index contributed by atoms with van der Waals surface area (Å²) in [6.07, 6.45) is 0. The van der Waals surface area contributed by atoms with Gasteiger partial charge in [0.25, 0.3) is 0 Å². The van der Waals surface area contributed by atoms with Crippen LogP contribution in [0.5, 0.6) is 0 Å². The van der Waals surface area contributed by atoms with Gasteiger partial charge in [0.1, 0.15) is 0 Å². The first-order valence-electron chi connectivity index (χ1n) is 6.79. The molecule has 19 heavy (non-hydrogen) atoms. The summed E-state index contributed by atoms with van der Waals surface area (Å²) in [6.45, 7) is 6.32. The van der Waals surface area contributed by atoms with Gasteiger partial charge in [0.05, 0.1) is 6.04 Å². The second kappa shape index (κ2) is 6.73. The molecule has 0 bridgehead atoms. The number of hydrogen-bond donors (Lipinski definition) is 1. The Balaban J connectivity index is 2.20. The Morgan fingerprint density at radius 2 is 2.00 bits per heavy atom. The van der Waals surface area contributed by atoms with Crippen LogP contribution in [0.3, 0.4) is 0 Å². The molecule has 0 saturated heterocycles. The van der Waals surface area contributed by atoms with Crippen molar-refractivity contribution in [1.82, 2.24) is 5.32 Å². The minimum atomic E-state index is 0.405. The molecule has 1 heterocycles. The van der Waals surface area contributed by atoms with Gasteiger partial charge in [-0.2, -0.15) is 0 Å². The van der Waals surface area contributed by atoms with Crippen molar-refractivity contribution in [2.45, 2.75) is 26.4 Å². The summed E-state index contributed by atoms with van der Waals surface area (Å²) in [7, 11) is 2.18. The number of nitrogens with zero attached hydrogens (tertiary/aromatic N) is 1. The highest BCUT2D eigenvalue weighted by Crippen LogP contribution is 2.30. The van der Waals surface area contributed by atoms with E-state index < -0.39 is 0 Å². The lowest BCUT2D eigenvalue weighted by Crippen LogP contribution is -2.23. The molecule has 0 aliphatic rings. The fraction of sp³-hybridized carbons (Fsp3) is 0.375. The van der Waals surface area contributed by atoms with Crippen molar-refractivity contribution in [2.24, 2.45) is 0 Å². The summed E-state index contributed by atoms with van der Waals surface area (Å²) in [5, 5.41) is 5.55. The van der Waals surface area contributed by atoms with Crippen LogP contribution >= 0.6 is 11.3 Å². The third kappa shape index (κ3) is 3.37. The first-order chi connectivity index (χ1) is 9.24. The molecule has 1 aromatic heterocycles. The predicted molar refractivity (Wildman–Crippen MR) is 85.0 cm³/mol. The average molecular weight is 274 g/mol. The number of thiophene rings is 1. The van der Waals surface area contributed by atoms with Crippen LogP contribution in [0.1, 0.15) is 30.3 Å². The van der Waals surface area contributed by atoms with Gasteiger partial charge in [-0.3, -0.25) is 0 Å². The van der Waals surface area contributed by atoms with E-state index in [0.717, 1.165) is 13.1 Å². The largest absolute Gasteiger partial charge is 0.367 e. The second-order valence-corrected chi connectivity index (χ2v) is 5.69. The van der Waals surface area contributed by atoms with E-state index in [1.807, 2.05) is 11.3 Å². The molecule has 1 N–H and O–H groups in total. The maximum absolute atomic E-state index is 3.41. The Morgan fingerprint density at radius 3 is 2.68 bits per heavy atom. The summed E-state index contributed by atoms with van der Waals surface area (Å²) >= 11 is 1.82. The predicted octanol–water partition coefficient (Wildman–Crippen LogP) is 4.06. The first-order valence-corrected chi connectivity index (χ1v) is 7.66. The van der Waals surface area contributed by atoms with Crippen molar-refractivity contribution in [1.29, 1.82) is 0 Å². The first kappa shape index (κ1) is 14.1. The van der Waals surface area contributed by atoms with Gasteiger partial charge < -0.3 is 10.2 Å². The molecule has 1 atom stereocenters. The number of anilines is 1. The zero-order valence-electron chi connectivity index (χ0n) is 11.9. The number of nitrogens with one attached hydrogen (secondary N) is 1. The number of para-hydroxylation sites is 1. The lowest BCUT2D eigenvalue weighted by molar-refractivity contribution is 0.708. The summed E-state index contributed by atoms with van der Waals surface area (Å²) in [5.74, 6) is 0. The van der Waals surface area contributed by atoms with E-state index in [0.29, 0.717) is 6.04 Å². The van der Waals surface area contributed by atoms with Crippen molar-refractivity contribution in [3.8, 4) is 0 Å². The molecule has 0 radical (unpaired) electrons. The molecule has 0 saturated carbocycles. The molecule has 2 aromatic rings. The SMILES string of the molecule is CCNCc1ccccc1N(C)C(C)c1cccs1. The van der Waals surface area contributed by atoms with Crippen LogP contribution in [0.15, 0.2) is 41.8 Å². The summed E-state index contributed by atoms with van der Waals surface area (Å²) < 4.78 is 0. The molecule has 3 heteroatoms. The fourth-order valence-corrected chi connectivity index (χ4v) is 3.02. The minimum absolute atomic E-state index is 0.405. The molecule has 1 unspecified atom stereocenters. The van der Waals surface area contributed by atoms with Gasteiger partial charge in [-0.1, -0.05) is 31.2 Å². The van der Waals surface area contributed by atoms with Gasteiger partial charge in [0, 0.05) is 24.2 Å². The number of hydrogen-bond acceptors (Lipinski definition) is 3. The van der Waals surface area contributed by atoms with Crippen molar-refractivity contribution in [2.75, 3.05) is 18.5 Å². The smallest absolute Gasteiger partial charge is 0.0603 e. The van der Waals surface area contributed by atoms with E-state index in [1.165, 1.54) is 16.1 Å². The molecule has 0 aliphatic heterocycles. The van der Waals surface area contributed by atoms with Crippen LogP contribution in [0.4, 0.5) is 5.69 Å². The lowest BCUT2D eigenvalue weighted by Gasteiger charge is -2.28. The van der Waals surface area contributed by atoms with E-state index in [2.05, 4.69) is 72.9 Å². The molecule has 0 fully saturated rings. The van der Waals surface area contributed by atoms with Crippen LogP contribution in [0.25, 0.3) is 0 Å². The van der Waals surface area contributed by atoms with Crippen molar-refractivity contribution in [3.05, 3.63) is 52.2 Å². The van der Waals surface area contributed by atoms with E-state index in [1.54, 1.807) is 0 Å². The van der Waals surface area contributed by atoms with Gasteiger partial charge in [0.15, 0.2) is 0 Å². The van der Waals surface area contributed by atoms with E-state index in [4.69, 9.17) is 0 Å². The summed E-state index contributed by atoms with van der Waals surface area (Å²) in [4.78, 5) is 3.76. The quantitative estimate of drug-likeness (QED) is 0.854. The zero-order chi connectivity index (χ0) is 13.7. The molecular weight excluding hydrogens is 252 g/mol. The van der Waals surface area contributed by atoms with E-state index in [-0.39, 0.29) is 0 Å². The van der Waals surface area contributed by atoms with Gasteiger partial charge in [-0.15, -0.1) is 11.3 Å². The van der Waals surface area contributed by atoms with E-state index >= 15 is 0 Å². The third-order valence-corrected chi connectivity index (χ3v) is 4.52. The third-order valence-electron chi connectivity index (χ3n) is 3.47. The molecule has 0 spiro atoms. The normalized spacial score (nSPS) is 12.4. The fourth-order valence-electron chi connectivity index (χ4n) is 2.19. The van der Waals surface area contributed by atoms with Gasteiger partial charge in [-0.25, -0.2) is 0 Å². The van der Waals surface area contributed by atoms with Crippen LogP contribution in [0.2, 0.25) is 0 Å². The van der Waals surface area contributed by atoms with Crippen LogP contribution in [-0.4, -0.2) is 13.6 Å². The molecule has 0 amide bonds. The topological polar surface area (TPSA) is 15.3 Å². The highest BCUT2D eigenvalue weighted by molar-refractivity contribution is 7.10. The molecule has 2 nitrogen and oxygen atoms in total. The maximum Gasteiger partial charge on any atom is 0.0603 e. The van der Waals surface area contributed by atoms with Gasteiger partial charge >= 0.3 is 0 Å². The van der Waals surface area contributed by atoms with Gasteiger partial charge in [0.2, 0.25) is 0 Å². The Bertz CT molecular complexity index is 493. The van der Waals surface area contributed by atoms with Crippen molar-refractivity contribution < 1.29 is 0 Å². The molecule has 0 aliphatic carbocycles.